The van der Waals surface area contributed by atoms with Crippen LogP contribution in [0.3, 0.4) is 0 Å². The molecule has 2 aromatic carbocycles. The molecule has 1 heterocycles. The molecule has 1 aromatic heterocycles. The van der Waals surface area contributed by atoms with Gasteiger partial charge in [0.15, 0.2) is 0 Å². The number of hydrogen-bond donors (Lipinski definition) is 0. The average Bonchev–Trinajstić information content (AvgIpc) is 2.97. The van der Waals surface area contributed by atoms with Gasteiger partial charge in [-0.15, -0.1) is 0 Å². The normalized spacial score (nSPS) is 10.9. The summed E-state index contributed by atoms with van der Waals surface area (Å²) in [7, 11) is 1.66. The van der Waals surface area contributed by atoms with Gasteiger partial charge < -0.3 is 9.15 Å². The molecule has 3 rings (SSSR count). The number of nitriles is 1. The maximum Gasteiger partial charge on any atom is 0.134 e. The Morgan fingerprint density at radius 2 is 1.95 bits per heavy atom. The molecule has 3 heteroatoms. The quantitative estimate of drug-likeness (QED) is 0.706. The van der Waals surface area contributed by atoms with Crippen LogP contribution < -0.4 is 4.74 Å². The molecule has 3 nitrogen and oxygen atoms in total. The van der Waals surface area contributed by atoms with Gasteiger partial charge in [0, 0.05) is 11.8 Å². The van der Waals surface area contributed by atoms with Crippen LogP contribution in [0, 0.1) is 11.3 Å². The van der Waals surface area contributed by atoms with Crippen molar-refractivity contribution in [3.63, 3.8) is 0 Å². The van der Waals surface area contributed by atoms with E-state index in [1.807, 2.05) is 48.5 Å². The number of allylic oxidation sites excluding steroid dienone is 1. The van der Waals surface area contributed by atoms with Crippen molar-refractivity contribution in [2.24, 2.45) is 0 Å². The second kappa shape index (κ2) is 6.19. The van der Waals surface area contributed by atoms with E-state index in [4.69, 9.17) is 14.4 Å². The molecule has 3 aromatic rings. The van der Waals surface area contributed by atoms with Crippen molar-refractivity contribution in [1.82, 2.24) is 0 Å². The summed E-state index contributed by atoms with van der Waals surface area (Å²) in [5, 5.41) is 9.87. The molecule has 0 fully saturated rings. The molecule has 0 atom stereocenters. The molecule has 0 saturated carbocycles. The molecule has 0 saturated heterocycles. The van der Waals surface area contributed by atoms with Crippen LogP contribution in [-0.2, 0) is 6.42 Å². The molecule has 108 valence electrons. The minimum atomic E-state index is 0.647. The molecule has 0 radical (unpaired) electrons. The van der Waals surface area contributed by atoms with E-state index in [0.717, 1.165) is 28.0 Å². The lowest BCUT2D eigenvalue weighted by Gasteiger charge is -1.98. The number of benzene rings is 2. The number of fused-ring (bicyclic) bond motifs is 1. The zero-order valence-corrected chi connectivity index (χ0v) is 12.2. The summed E-state index contributed by atoms with van der Waals surface area (Å²) in [6.07, 6.45) is 4.82. The van der Waals surface area contributed by atoms with Gasteiger partial charge in [-0.05, 0) is 42.0 Å². The maximum absolute atomic E-state index is 8.91. The Morgan fingerprint density at radius 3 is 2.68 bits per heavy atom. The molecule has 0 aliphatic rings. The summed E-state index contributed by atoms with van der Waals surface area (Å²) in [4.78, 5) is 0. The molecule has 0 aliphatic carbocycles. The van der Waals surface area contributed by atoms with Crippen molar-refractivity contribution < 1.29 is 9.15 Å². The summed E-state index contributed by atoms with van der Waals surface area (Å²) in [6.45, 7) is 0. The number of rotatable bonds is 4. The van der Waals surface area contributed by atoms with Crippen molar-refractivity contribution in [2.75, 3.05) is 7.11 Å². The van der Waals surface area contributed by atoms with Gasteiger partial charge >= 0.3 is 0 Å². The molecule has 22 heavy (non-hydrogen) atoms. The molecule has 0 N–H and O–H groups in total. The molecule has 0 bridgehead atoms. The Balaban J connectivity index is 1.72. The van der Waals surface area contributed by atoms with Gasteiger partial charge in [-0.3, -0.25) is 0 Å². The van der Waals surface area contributed by atoms with Crippen LogP contribution in [0.4, 0.5) is 0 Å². The summed E-state index contributed by atoms with van der Waals surface area (Å²) < 4.78 is 10.9. The molecule has 0 amide bonds. The van der Waals surface area contributed by atoms with E-state index in [9.17, 15) is 0 Å². The Kier molecular flexibility index (Phi) is 3.93. The maximum atomic E-state index is 8.91. The van der Waals surface area contributed by atoms with Crippen LogP contribution in [0.5, 0.6) is 5.75 Å². The number of nitrogens with zero attached hydrogens (tertiary/aromatic N) is 1. The fourth-order valence-electron chi connectivity index (χ4n) is 2.29. The van der Waals surface area contributed by atoms with E-state index in [-0.39, 0.29) is 0 Å². The monoisotopic (exact) mass is 289 g/mol. The van der Waals surface area contributed by atoms with E-state index in [1.54, 1.807) is 13.2 Å². The van der Waals surface area contributed by atoms with Crippen LogP contribution in [0.25, 0.3) is 17.0 Å². The van der Waals surface area contributed by atoms with Gasteiger partial charge in [0.25, 0.3) is 0 Å². The first kappa shape index (κ1) is 14.0. The topological polar surface area (TPSA) is 46.2 Å². The standard InChI is InChI=1S/C19H15NO2/c1-21-17-8-5-14(6-9-17)3-2-4-18-12-16-11-15(13-20)7-10-19(16)22-18/h2-3,5-12H,4H2,1H3/b3-2+. The Morgan fingerprint density at radius 1 is 1.14 bits per heavy atom. The number of ether oxygens (including phenoxy) is 1. The average molecular weight is 289 g/mol. The van der Waals surface area contributed by atoms with Crippen LogP contribution >= 0.6 is 0 Å². The van der Waals surface area contributed by atoms with Crippen molar-refractivity contribution in [1.29, 1.82) is 5.26 Å². The predicted molar refractivity (Wildman–Crippen MR) is 86.7 cm³/mol. The Labute approximate surface area is 129 Å². The first-order valence-corrected chi connectivity index (χ1v) is 7.01. The van der Waals surface area contributed by atoms with Crippen molar-refractivity contribution in [3.8, 4) is 11.8 Å². The van der Waals surface area contributed by atoms with Gasteiger partial charge in [0.2, 0.25) is 0 Å². The van der Waals surface area contributed by atoms with E-state index in [1.165, 1.54) is 0 Å². The summed E-state index contributed by atoms with van der Waals surface area (Å²) in [5.74, 6) is 1.73. The largest absolute Gasteiger partial charge is 0.497 e. The van der Waals surface area contributed by atoms with Crippen LogP contribution in [0.15, 0.2) is 59.0 Å². The first-order valence-electron chi connectivity index (χ1n) is 7.01. The van der Waals surface area contributed by atoms with Gasteiger partial charge in [0.1, 0.15) is 17.1 Å². The lowest BCUT2D eigenvalue weighted by molar-refractivity contribution is 0.415. The highest BCUT2D eigenvalue weighted by Gasteiger charge is 2.03. The lowest BCUT2D eigenvalue weighted by Crippen LogP contribution is -1.81. The smallest absolute Gasteiger partial charge is 0.134 e. The van der Waals surface area contributed by atoms with E-state index < -0.39 is 0 Å². The molecule has 0 unspecified atom stereocenters. The fraction of sp³-hybridized carbons (Fsp3) is 0.105. The Bertz CT molecular complexity index is 851. The summed E-state index contributed by atoms with van der Waals surface area (Å²) >= 11 is 0. The van der Waals surface area contributed by atoms with Crippen LogP contribution in [-0.4, -0.2) is 7.11 Å². The van der Waals surface area contributed by atoms with Gasteiger partial charge in [-0.1, -0.05) is 24.3 Å². The van der Waals surface area contributed by atoms with Gasteiger partial charge in [-0.2, -0.15) is 5.26 Å². The predicted octanol–water partition coefficient (Wildman–Crippen LogP) is 4.57. The third-order valence-electron chi connectivity index (χ3n) is 3.44. The molecule has 0 spiro atoms. The second-order valence-electron chi connectivity index (χ2n) is 4.96. The molecule has 0 aliphatic heterocycles. The van der Waals surface area contributed by atoms with E-state index >= 15 is 0 Å². The highest BCUT2D eigenvalue weighted by Crippen LogP contribution is 2.21. The third kappa shape index (κ3) is 3.02. The zero-order chi connectivity index (χ0) is 15.4. The number of methoxy groups -OCH3 is 1. The number of hydrogen-bond acceptors (Lipinski definition) is 3. The molecular weight excluding hydrogens is 274 g/mol. The first-order chi connectivity index (χ1) is 10.8. The Hall–Kier alpha value is -2.99. The molecular formula is C19H15NO2. The minimum Gasteiger partial charge on any atom is -0.497 e. The highest BCUT2D eigenvalue weighted by atomic mass is 16.5. The van der Waals surface area contributed by atoms with Crippen LogP contribution in [0.1, 0.15) is 16.9 Å². The van der Waals surface area contributed by atoms with Crippen molar-refractivity contribution in [3.05, 3.63) is 71.5 Å². The van der Waals surface area contributed by atoms with Crippen molar-refractivity contribution in [2.45, 2.75) is 6.42 Å². The second-order valence-corrected chi connectivity index (χ2v) is 4.96. The van der Waals surface area contributed by atoms with Gasteiger partial charge in [0.05, 0.1) is 18.7 Å². The van der Waals surface area contributed by atoms with Crippen molar-refractivity contribution >= 4 is 17.0 Å². The fourth-order valence-corrected chi connectivity index (χ4v) is 2.29. The summed E-state index contributed by atoms with van der Waals surface area (Å²) in [5.41, 5.74) is 2.57. The lowest BCUT2D eigenvalue weighted by atomic mass is 10.1. The van der Waals surface area contributed by atoms with E-state index in [0.29, 0.717) is 12.0 Å². The SMILES string of the molecule is COc1ccc(/C=C/Cc2cc3cc(C#N)ccc3o2)cc1. The van der Waals surface area contributed by atoms with Crippen LogP contribution in [0.2, 0.25) is 0 Å². The van der Waals surface area contributed by atoms with E-state index in [2.05, 4.69) is 12.1 Å². The number of furan rings is 1. The minimum absolute atomic E-state index is 0.647. The summed E-state index contributed by atoms with van der Waals surface area (Å²) in [6, 6.07) is 17.4. The zero-order valence-electron chi connectivity index (χ0n) is 12.2. The van der Waals surface area contributed by atoms with Gasteiger partial charge in [-0.25, -0.2) is 0 Å². The third-order valence-corrected chi connectivity index (χ3v) is 3.44. The highest BCUT2D eigenvalue weighted by molar-refractivity contribution is 5.79.